The lowest BCUT2D eigenvalue weighted by molar-refractivity contribution is 0.295. The summed E-state index contributed by atoms with van der Waals surface area (Å²) in [5.41, 5.74) is 5.13. The van der Waals surface area contributed by atoms with Crippen LogP contribution in [0.15, 0.2) is 60.8 Å². The highest BCUT2D eigenvalue weighted by Gasteiger charge is 2.26. The molecule has 39 heavy (non-hydrogen) atoms. The number of nitrogens with zero attached hydrogens (tertiary/aromatic N) is 1. The molecular weight excluding hydrogens is 510 g/mol. The lowest BCUT2D eigenvalue weighted by Crippen LogP contribution is -2.41. The van der Waals surface area contributed by atoms with Crippen LogP contribution in [-0.4, -0.2) is 38.9 Å². The van der Waals surface area contributed by atoms with E-state index in [1.807, 2.05) is 36.4 Å². The molecule has 2 N–H and O–H groups in total. The van der Waals surface area contributed by atoms with E-state index in [2.05, 4.69) is 54.0 Å². The first kappa shape index (κ1) is 29.1. The Morgan fingerprint density at radius 1 is 0.974 bits per heavy atom. The van der Waals surface area contributed by atoms with Crippen LogP contribution < -0.4 is 19.5 Å². The van der Waals surface area contributed by atoms with Gasteiger partial charge in [-0.2, -0.15) is 0 Å². The summed E-state index contributed by atoms with van der Waals surface area (Å²) in [6.07, 6.45) is 6.47. The van der Waals surface area contributed by atoms with Gasteiger partial charge in [0.25, 0.3) is 0 Å². The molecule has 1 fully saturated rings. The molecule has 1 aromatic heterocycles. The molecule has 4 rings (SSSR count). The summed E-state index contributed by atoms with van der Waals surface area (Å²) in [4.78, 5) is 4.57. The minimum Gasteiger partial charge on any atom is -0.496 e. The van der Waals surface area contributed by atoms with E-state index in [1.165, 1.54) is 6.26 Å². The van der Waals surface area contributed by atoms with E-state index in [4.69, 9.17) is 9.47 Å². The molecule has 210 valence electrons. The van der Waals surface area contributed by atoms with Gasteiger partial charge in [-0.1, -0.05) is 51.1 Å². The van der Waals surface area contributed by atoms with Crippen LogP contribution in [0.1, 0.15) is 63.1 Å². The second-order valence-corrected chi connectivity index (χ2v) is 13.2. The lowest BCUT2D eigenvalue weighted by atomic mass is 9.83. The maximum absolute atomic E-state index is 11.6. The van der Waals surface area contributed by atoms with Gasteiger partial charge < -0.3 is 14.8 Å². The molecule has 7 nitrogen and oxygen atoms in total. The number of hydrogen-bond acceptors (Lipinski definition) is 6. The number of nitrogens with one attached hydrogen (secondary N) is 2. The molecule has 0 unspecified atom stereocenters. The number of sulfonamides is 1. The van der Waals surface area contributed by atoms with E-state index in [1.54, 1.807) is 13.3 Å². The highest BCUT2D eigenvalue weighted by Crippen LogP contribution is 2.40. The number of ether oxygens (including phenoxy) is 2. The van der Waals surface area contributed by atoms with E-state index in [0.717, 1.165) is 59.3 Å². The van der Waals surface area contributed by atoms with Crippen molar-refractivity contribution in [1.29, 1.82) is 0 Å². The minimum absolute atomic E-state index is 0.0169. The maximum Gasteiger partial charge on any atom is 0.221 e. The molecule has 1 saturated carbocycles. The summed E-state index contributed by atoms with van der Waals surface area (Å²) >= 11 is 0. The van der Waals surface area contributed by atoms with Gasteiger partial charge in [0, 0.05) is 41.5 Å². The van der Waals surface area contributed by atoms with Crippen LogP contribution in [0.3, 0.4) is 0 Å². The van der Waals surface area contributed by atoms with Gasteiger partial charge in [-0.3, -0.25) is 0 Å². The fourth-order valence-electron chi connectivity index (χ4n) is 5.20. The zero-order valence-corrected chi connectivity index (χ0v) is 24.5. The van der Waals surface area contributed by atoms with Gasteiger partial charge in [0.15, 0.2) is 0 Å². The van der Waals surface area contributed by atoms with Crippen molar-refractivity contribution in [3.63, 3.8) is 0 Å². The molecule has 1 aliphatic carbocycles. The van der Waals surface area contributed by atoms with Crippen molar-refractivity contribution in [3.8, 4) is 22.8 Å². The predicted octanol–water partition coefficient (Wildman–Crippen LogP) is 5.58. The van der Waals surface area contributed by atoms with Gasteiger partial charge in [-0.25, -0.2) is 18.1 Å². The SMILES string of the molecule is COc1c(CN[C@H]2CC[C@H](NS(C)(=O)=O)CC2)cc(-c2cccnc2OCc2ccccc2)cc1C(C)(C)C. The zero-order chi connectivity index (χ0) is 28.0. The van der Waals surface area contributed by atoms with E-state index >= 15 is 0 Å². The van der Waals surface area contributed by atoms with Gasteiger partial charge in [0.1, 0.15) is 12.4 Å². The summed E-state index contributed by atoms with van der Waals surface area (Å²) < 4.78 is 38.1. The summed E-state index contributed by atoms with van der Waals surface area (Å²) in [5, 5.41) is 3.71. The van der Waals surface area contributed by atoms with E-state index in [-0.39, 0.29) is 11.5 Å². The molecular formula is C31H41N3O4S. The number of hydrogen-bond donors (Lipinski definition) is 2. The first-order valence-corrected chi connectivity index (χ1v) is 15.5. The third kappa shape index (κ3) is 8.03. The quantitative estimate of drug-likeness (QED) is 0.342. The minimum atomic E-state index is -3.18. The van der Waals surface area contributed by atoms with Crippen molar-refractivity contribution in [1.82, 2.24) is 15.0 Å². The molecule has 0 bridgehead atoms. The molecule has 0 aliphatic heterocycles. The number of benzene rings is 2. The van der Waals surface area contributed by atoms with Gasteiger partial charge in [0.05, 0.1) is 13.4 Å². The lowest BCUT2D eigenvalue weighted by Gasteiger charge is -2.30. The van der Waals surface area contributed by atoms with Crippen LogP contribution in [0.2, 0.25) is 0 Å². The smallest absolute Gasteiger partial charge is 0.221 e. The second-order valence-electron chi connectivity index (χ2n) is 11.4. The van der Waals surface area contributed by atoms with E-state index in [0.29, 0.717) is 25.1 Å². The van der Waals surface area contributed by atoms with Crippen molar-refractivity contribution < 1.29 is 17.9 Å². The summed E-state index contributed by atoms with van der Waals surface area (Å²) in [7, 11) is -1.45. The Bertz CT molecular complexity index is 1350. The highest BCUT2D eigenvalue weighted by molar-refractivity contribution is 7.88. The molecule has 0 amide bonds. The summed E-state index contributed by atoms with van der Waals surface area (Å²) in [6.45, 7) is 7.67. The Morgan fingerprint density at radius 2 is 1.67 bits per heavy atom. The maximum atomic E-state index is 11.6. The zero-order valence-electron chi connectivity index (χ0n) is 23.7. The average molecular weight is 552 g/mol. The first-order valence-electron chi connectivity index (χ1n) is 13.6. The Balaban J connectivity index is 1.58. The Hall–Kier alpha value is -2.94. The third-order valence-electron chi connectivity index (χ3n) is 7.17. The topological polar surface area (TPSA) is 89.6 Å². The normalized spacial score (nSPS) is 18.1. The summed E-state index contributed by atoms with van der Waals surface area (Å²) in [6, 6.07) is 18.8. The Morgan fingerprint density at radius 3 is 2.31 bits per heavy atom. The molecule has 0 spiro atoms. The molecule has 0 radical (unpaired) electrons. The fourth-order valence-corrected chi connectivity index (χ4v) is 6.04. The number of aromatic nitrogens is 1. The summed E-state index contributed by atoms with van der Waals surface area (Å²) in [5.74, 6) is 1.49. The Kier molecular flexibility index (Phi) is 9.31. The van der Waals surface area contributed by atoms with Gasteiger partial charge in [-0.15, -0.1) is 0 Å². The predicted molar refractivity (Wildman–Crippen MR) is 157 cm³/mol. The van der Waals surface area contributed by atoms with Crippen LogP contribution in [0.4, 0.5) is 0 Å². The fraction of sp³-hybridized carbons (Fsp3) is 0.452. The van der Waals surface area contributed by atoms with Crippen molar-refractivity contribution in [2.75, 3.05) is 13.4 Å². The van der Waals surface area contributed by atoms with Crippen molar-refractivity contribution in [2.45, 2.75) is 77.1 Å². The molecule has 1 heterocycles. The molecule has 3 aromatic rings. The standard InChI is InChI=1S/C31H41N3O4S/c1-31(2,3)28-19-23(27-12-9-17-32-30(27)38-21-22-10-7-6-8-11-22)18-24(29(28)37-4)20-33-25-13-15-26(16-14-25)34-39(5,35)36/h6-12,17-19,25-26,33-34H,13-16,20-21H2,1-5H3/t25-,26-. The van der Waals surface area contributed by atoms with Gasteiger partial charge in [-0.05, 0) is 66.5 Å². The van der Waals surface area contributed by atoms with Crippen molar-refractivity contribution >= 4 is 10.0 Å². The van der Waals surface area contributed by atoms with Crippen LogP contribution in [-0.2, 0) is 28.6 Å². The number of pyridine rings is 1. The van der Waals surface area contributed by atoms with Crippen LogP contribution >= 0.6 is 0 Å². The van der Waals surface area contributed by atoms with E-state index in [9.17, 15) is 8.42 Å². The largest absolute Gasteiger partial charge is 0.496 e. The first-order chi connectivity index (χ1) is 18.5. The van der Waals surface area contributed by atoms with Crippen LogP contribution in [0.25, 0.3) is 11.1 Å². The molecule has 0 saturated heterocycles. The molecule has 8 heteroatoms. The molecule has 0 atom stereocenters. The van der Waals surface area contributed by atoms with Crippen molar-refractivity contribution in [2.24, 2.45) is 0 Å². The van der Waals surface area contributed by atoms with Crippen LogP contribution in [0, 0.1) is 0 Å². The van der Waals surface area contributed by atoms with E-state index < -0.39 is 10.0 Å². The Labute approximate surface area is 233 Å². The third-order valence-corrected chi connectivity index (χ3v) is 7.93. The van der Waals surface area contributed by atoms with Gasteiger partial charge >= 0.3 is 0 Å². The highest BCUT2D eigenvalue weighted by atomic mass is 32.2. The molecule has 1 aliphatic rings. The van der Waals surface area contributed by atoms with Gasteiger partial charge in [0.2, 0.25) is 15.9 Å². The monoisotopic (exact) mass is 551 g/mol. The van der Waals surface area contributed by atoms with Crippen molar-refractivity contribution in [3.05, 3.63) is 77.5 Å². The average Bonchev–Trinajstić information content (AvgIpc) is 2.90. The molecule has 2 aromatic carbocycles. The van der Waals surface area contributed by atoms with Crippen LogP contribution in [0.5, 0.6) is 11.6 Å². The second kappa shape index (κ2) is 12.5. The number of methoxy groups -OCH3 is 1. The number of rotatable bonds is 10.